The number of rotatable bonds is 15. The number of ketones is 1. The van der Waals surface area contributed by atoms with Crippen LogP contribution in [0, 0.1) is 28.6 Å². The van der Waals surface area contributed by atoms with E-state index in [-0.39, 0.29) is 41.2 Å². The zero-order chi connectivity index (χ0) is 52.2. The summed E-state index contributed by atoms with van der Waals surface area (Å²) in [7, 11) is 6.29. The van der Waals surface area contributed by atoms with E-state index < -0.39 is 121 Å². The topological polar surface area (TPSA) is 215 Å². The Hall–Kier alpha value is -1.98. The molecule has 0 aromatic carbocycles. The predicted molar refractivity (Wildman–Crippen MR) is 258 cm³/mol. The third-order valence-corrected chi connectivity index (χ3v) is 18.9. The molecule has 0 amide bonds. The van der Waals surface area contributed by atoms with Crippen molar-refractivity contribution < 1.29 is 86.5 Å². The number of hydrogen-bond acceptors (Lipinski definition) is 18. The van der Waals surface area contributed by atoms with Crippen LogP contribution in [-0.4, -0.2) is 178 Å². The van der Waals surface area contributed by atoms with E-state index in [0.29, 0.717) is 56.9 Å². The molecular formula is C54H86O18. The number of fused-ring (bicyclic) bond motifs is 5. The van der Waals surface area contributed by atoms with E-state index in [9.17, 15) is 24.9 Å². The number of ether oxygens (including phenoxy) is 13. The van der Waals surface area contributed by atoms with Gasteiger partial charge in [0.2, 0.25) is 0 Å². The van der Waals surface area contributed by atoms with Gasteiger partial charge in [-0.05, 0) is 111 Å². The Morgan fingerprint density at radius 1 is 0.667 bits per heavy atom. The smallest absolute Gasteiger partial charge is 0.333 e. The van der Waals surface area contributed by atoms with E-state index in [1.54, 1.807) is 41.1 Å². The number of Topliss-reactive ketones (excluding diaryl/α,β-unsaturated/α-hetero) is 1. The van der Waals surface area contributed by atoms with Crippen molar-refractivity contribution in [3.8, 4) is 0 Å². The van der Waals surface area contributed by atoms with Gasteiger partial charge in [0.25, 0.3) is 0 Å². The van der Waals surface area contributed by atoms with Gasteiger partial charge >= 0.3 is 5.97 Å². The molecule has 18 nitrogen and oxygen atoms in total. The molecule has 0 bridgehead atoms. The van der Waals surface area contributed by atoms with Crippen molar-refractivity contribution in [2.75, 3.05) is 28.4 Å². The number of carbonyl (C=O) groups excluding carboxylic acids is 2. The molecule has 410 valence electrons. The fraction of sp³-hybridized carbons (Fsp3) is 0.889. The first-order valence-corrected chi connectivity index (χ1v) is 26.6. The molecule has 25 atom stereocenters. The van der Waals surface area contributed by atoms with Crippen LogP contribution in [0.15, 0.2) is 23.3 Å². The second kappa shape index (κ2) is 22.5. The molecule has 0 radical (unpaired) electrons. The maximum Gasteiger partial charge on any atom is 0.333 e. The van der Waals surface area contributed by atoms with Crippen molar-refractivity contribution in [2.24, 2.45) is 28.6 Å². The lowest BCUT2D eigenvalue weighted by Gasteiger charge is -2.63. The largest absolute Gasteiger partial charge is 0.458 e. The lowest BCUT2D eigenvalue weighted by Crippen LogP contribution is -2.66. The second-order valence-electron chi connectivity index (χ2n) is 22.6. The second-order valence-corrected chi connectivity index (χ2v) is 22.6. The monoisotopic (exact) mass is 1020 g/mol. The maximum atomic E-state index is 13.4. The molecule has 72 heavy (non-hydrogen) atoms. The van der Waals surface area contributed by atoms with Crippen molar-refractivity contribution in [3.63, 3.8) is 0 Å². The summed E-state index contributed by atoms with van der Waals surface area (Å²) in [5.74, 6) is -0.765. The molecule has 7 fully saturated rings. The minimum Gasteiger partial charge on any atom is -0.458 e. The molecule has 0 aromatic rings. The van der Waals surface area contributed by atoms with Gasteiger partial charge in [0.05, 0.1) is 54.4 Å². The summed E-state index contributed by atoms with van der Waals surface area (Å²) in [4.78, 5) is 26.5. The minimum atomic E-state index is -1.24. The van der Waals surface area contributed by atoms with Gasteiger partial charge in [0, 0.05) is 64.6 Å². The zero-order valence-corrected chi connectivity index (χ0v) is 44.9. The average molecular weight is 1020 g/mol. The van der Waals surface area contributed by atoms with Crippen molar-refractivity contribution >= 4 is 11.8 Å². The van der Waals surface area contributed by atoms with Gasteiger partial charge in [-0.25, -0.2) is 4.79 Å². The quantitative estimate of drug-likeness (QED) is 0.109. The zero-order valence-electron chi connectivity index (χ0n) is 44.9. The van der Waals surface area contributed by atoms with Gasteiger partial charge in [-0.1, -0.05) is 31.6 Å². The molecular weight excluding hydrogens is 937 g/mol. The standard InChI is InChI=1S/C54H86O18/c1-14-26(2)50(58)69-40-22-36-35(54(59)20-18-34(27(3)55)53(40,54)9)16-15-32-21-33(17-19-52(32,36)8)68-41-24-38(61-11)46(29(5)65-41)70-43-25-39(62-12)47(30(6)66-43)72-51-45(57)49(63-13)48(31(7)67-51)71-42-23-37(60-10)44(56)28(4)64-42/h14-15,28-31,33-49,51,56-57,59H,16-25H2,1-13H3/b26-14+/t28?,29?,30?,31?,33-,34?,35?,36?,37?,38?,39+,40+,41?,42?,43?,44?,45?,46?,47?,48?,49?,51?,52-,53-,54-/m0/s1. The summed E-state index contributed by atoms with van der Waals surface area (Å²) in [5, 5.41) is 34.9. The van der Waals surface area contributed by atoms with Crippen LogP contribution in [0.1, 0.15) is 127 Å². The summed E-state index contributed by atoms with van der Waals surface area (Å²) in [6.45, 7) is 16.8. The highest BCUT2D eigenvalue weighted by Crippen LogP contribution is 2.68. The third kappa shape index (κ3) is 10.3. The normalized spacial score (nSPS) is 49.8. The molecule has 0 spiro atoms. The number of hydrogen-bond donors (Lipinski definition) is 3. The number of aliphatic hydroxyl groups is 3. The summed E-state index contributed by atoms with van der Waals surface area (Å²) in [6, 6.07) is 0. The Morgan fingerprint density at radius 3 is 1.83 bits per heavy atom. The molecule has 4 heterocycles. The Labute approximate surface area is 426 Å². The van der Waals surface area contributed by atoms with Crippen LogP contribution in [0.4, 0.5) is 0 Å². The minimum absolute atomic E-state index is 0.0350. The first kappa shape index (κ1) is 56.2. The van der Waals surface area contributed by atoms with E-state index >= 15 is 0 Å². The fourth-order valence-corrected chi connectivity index (χ4v) is 14.5. The Bertz CT molecular complexity index is 1950. The molecule has 8 aliphatic rings. The third-order valence-electron chi connectivity index (χ3n) is 18.9. The van der Waals surface area contributed by atoms with E-state index in [1.807, 2.05) is 34.6 Å². The van der Waals surface area contributed by atoms with Gasteiger partial charge < -0.3 is 76.9 Å². The molecule has 4 aliphatic carbocycles. The van der Waals surface area contributed by atoms with Gasteiger partial charge in [-0.15, -0.1) is 0 Å². The van der Waals surface area contributed by atoms with Crippen molar-refractivity contribution in [1.82, 2.24) is 0 Å². The Kier molecular flexibility index (Phi) is 17.6. The maximum absolute atomic E-state index is 13.4. The highest BCUT2D eigenvalue weighted by molar-refractivity contribution is 5.88. The van der Waals surface area contributed by atoms with Gasteiger partial charge in [-0.3, -0.25) is 4.79 Å². The van der Waals surface area contributed by atoms with E-state index in [1.165, 1.54) is 19.8 Å². The molecule has 18 heteroatoms. The van der Waals surface area contributed by atoms with Crippen LogP contribution in [-0.2, 0) is 71.2 Å². The van der Waals surface area contributed by atoms with Gasteiger partial charge in [-0.2, -0.15) is 0 Å². The summed E-state index contributed by atoms with van der Waals surface area (Å²) < 4.78 is 81.1. The first-order valence-electron chi connectivity index (χ1n) is 26.6. The lowest BCUT2D eigenvalue weighted by molar-refractivity contribution is -0.365. The van der Waals surface area contributed by atoms with Crippen LogP contribution in [0.2, 0.25) is 0 Å². The van der Waals surface area contributed by atoms with Crippen molar-refractivity contribution in [3.05, 3.63) is 23.3 Å². The SMILES string of the molecule is C/C=C(\C)C(=O)O[C@@H]1CC2C(CC=C3C[C@@H](OC4CC(OC)C(OC5C[C@@H](OC)C(OC6OC(C)C(OC7CC(OC)C(O)C(C)O7)C(OC)C6O)C(C)O5)C(C)O4)CC[C@@]32C)[C@@]2(O)CCC(C(C)=O)[C@@]12C. The van der Waals surface area contributed by atoms with Crippen LogP contribution in [0.5, 0.6) is 0 Å². The van der Waals surface area contributed by atoms with Crippen molar-refractivity contribution in [2.45, 2.75) is 249 Å². The van der Waals surface area contributed by atoms with Crippen LogP contribution in [0.3, 0.4) is 0 Å². The number of methoxy groups -OCH3 is 4. The number of carbonyl (C=O) groups is 2. The van der Waals surface area contributed by atoms with Crippen LogP contribution >= 0.6 is 0 Å². The van der Waals surface area contributed by atoms with Crippen LogP contribution in [0.25, 0.3) is 0 Å². The fourth-order valence-electron chi connectivity index (χ4n) is 14.5. The summed E-state index contributed by atoms with van der Waals surface area (Å²) >= 11 is 0. The molecule has 4 aliphatic heterocycles. The van der Waals surface area contributed by atoms with Crippen molar-refractivity contribution in [1.29, 1.82) is 0 Å². The summed E-state index contributed by atoms with van der Waals surface area (Å²) in [5.41, 5.74) is -0.484. The molecule has 0 aromatic heterocycles. The molecule has 4 saturated heterocycles. The Morgan fingerprint density at radius 2 is 1.24 bits per heavy atom. The van der Waals surface area contributed by atoms with E-state index in [0.717, 1.165) is 12.8 Å². The molecule has 19 unspecified atom stereocenters. The molecule has 3 saturated carbocycles. The van der Waals surface area contributed by atoms with Crippen LogP contribution < -0.4 is 0 Å². The number of aliphatic hydroxyl groups excluding tert-OH is 2. The van der Waals surface area contributed by atoms with E-state index in [2.05, 4.69) is 13.0 Å². The first-order chi connectivity index (χ1) is 34.1. The Balaban J connectivity index is 0.864. The highest BCUT2D eigenvalue weighted by atomic mass is 16.8. The number of esters is 1. The highest BCUT2D eigenvalue weighted by Gasteiger charge is 2.71. The average Bonchev–Trinajstić information content (AvgIpc) is 3.64. The number of allylic oxidation sites excluding steroid dienone is 2. The molecule has 3 N–H and O–H groups in total. The van der Waals surface area contributed by atoms with Gasteiger partial charge in [0.15, 0.2) is 25.2 Å². The predicted octanol–water partition coefficient (Wildman–Crippen LogP) is 5.23. The summed E-state index contributed by atoms with van der Waals surface area (Å²) in [6.07, 6.45) is -2.07. The van der Waals surface area contributed by atoms with E-state index in [4.69, 9.17) is 61.6 Å². The lowest BCUT2D eigenvalue weighted by atomic mass is 9.45. The van der Waals surface area contributed by atoms with Gasteiger partial charge in [0.1, 0.15) is 48.5 Å². The molecule has 8 rings (SSSR count).